The average Bonchev–Trinajstić information content (AvgIpc) is 3.06. The third-order valence-corrected chi connectivity index (χ3v) is 10.9. The van der Waals surface area contributed by atoms with Gasteiger partial charge in [-0.3, -0.25) is 0 Å². The van der Waals surface area contributed by atoms with E-state index >= 15 is 0 Å². The van der Waals surface area contributed by atoms with E-state index in [0.29, 0.717) is 33.4 Å². The summed E-state index contributed by atoms with van der Waals surface area (Å²) < 4.78 is 105. The van der Waals surface area contributed by atoms with E-state index in [9.17, 15) is 38.9 Å². The van der Waals surface area contributed by atoms with Crippen LogP contribution >= 0.6 is 0 Å². The number of fused-ring (bicyclic) bond motifs is 2. The molecule has 0 aliphatic carbocycles. The summed E-state index contributed by atoms with van der Waals surface area (Å²) >= 11 is 0. The van der Waals surface area contributed by atoms with E-state index in [0.717, 1.165) is 40.5 Å². The first-order valence-corrected chi connectivity index (χ1v) is 19.4. The molecule has 0 bridgehead atoms. The van der Waals surface area contributed by atoms with Gasteiger partial charge in [-0.15, -0.1) is 10.2 Å². The van der Waals surface area contributed by atoms with E-state index in [1.165, 1.54) is 24.3 Å². The van der Waals surface area contributed by atoms with E-state index in [-0.39, 0.29) is 110 Å². The van der Waals surface area contributed by atoms with Crippen LogP contribution < -0.4 is 94.4 Å². The van der Waals surface area contributed by atoms with Crippen LogP contribution in [0.4, 0.5) is 28.4 Å². The molecule has 55 heavy (non-hydrogen) atoms. The van der Waals surface area contributed by atoms with E-state index in [1.807, 2.05) is 32.0 Å². The van der Waals surface area contributed by atoms with Gasteiger partial charge in [0.25, 0.3) is 0 Å². The molecule has 0 saturated heterocycles. The Kier molecular flexibility index (Phi) is 15.4. The van der Waals surface area contributed by atoms with Crippen molar-refractivity contribution in [1.82, 2.24) is 0 Å². The molecule has 0 heterocycles. The van der Waals surface area contributed by atoms with Crippen LogP contribution in [0.2, 0.25) is 0 Å². The molecule has 6 rings (SSSR count). The molecule has 0 amide bonds. The molecule has 0 aliphatic rings. The van der Waals surface area contributed by atoms with Crippen molar-refractivity contribution >= 4 is 80.3 Å². The summed E-state index contributed by atoms with van der Waals surface area (Å²) in [7, 11) is -14.6. The van der Waals surface area contributed by atoms with Crippen LogP contribution in [0.3, 0.4) is 0 Å². The molecule has 6 aromatic rings. The monoisotopic (exact) mass is 825 g/mol. The quantitative estimate of drug-likeness (QED) is 0.0825. The Balaban J connectivity index is 0.00000271. The summed E-state index contributed by atoms with van der Waals surface area (Å²) in [5.41, 5.74) is 10.8. The molecule has 0 fully saturated rings. The molecule has 0 atom stereocenters. The van der Waals surface area contributed by atoms with Crippen molar-refractivity contribution in [2.75, 3.05) is 5.73 Å². The second-order valence-corrected chi connectivity index (χ2v) is 16.0. The van der Waals surface area contributed by atoms with Gasteiger partial charge >= 0.3 is 88.7 Å². The molecule has 0 radical (unpaired) electrons. The minimum atomic E-state index is -5.11. The van der Waals surface area contributed by atoms with Gasteiger partial charge in [0.15, 0.2) is 0 Å². The maximum Gasteiger partial charge on any atom is 1.00 e. The summed E-state index contributed by atoms with van der Waals surface area (Å²) in [5.74, 6) is 0. The number of nitrogens with zero attached hydrogens (tertiary/aromatic N) is 4. The number of nitrogen functional groups attached to an aromatic ring is 1. The van der Waals surface area contributed by atoms with Gasteiger partial charge in [-0.05, 0) is 114 Å². The van der Waals surface area contributed by atoms with Crippen LogP contribution in [-0.2, 0) is 30.4 Å². The molecule has 0 unspecified atom stereocenters. The Bertz CT molecular complexity index is 2890. The van der Waals surface area contributed by atoms with Crippen LogP contribution in [0.25, 0.3) is 32.7 Å². The third kappa shape index (κ3) is 10.4. The number of hydrogen-bond acceptors (Lipinski definition) is 14. The fourth-order valence-electron chi connectivity index (χ4n) is 5.62. The van der Waals surface area contributed by atoms with Crippen LogP contribution in [0.1, 0.15) is 16.7 Å². The topological polar surface area (TPSA) is 247 Å². The van der Waals surface area contributed by atoms with Crippen molar-refractivity contribution < 1.29 is 128 Å². The van der Waals surface area contributed by atoms with Gasteiger partial charge in [-0.2, -0.15) is 10.2 Å². The van der Waals surface area contributed by atoms with Gasteiger partial charge in [0.05, 0.1) is 37.4 Å². The summed E-state index contributed by atoms with van der Waals surface area (Å²) in [5, 5.41) is 18.6. The smallest absolute Gasteiger partial charge is 0.744 e. The van der Waals surface area contributed by atoms with E-state index < -0.39 is 45.8 Å². The minimum Gasteiger partial charge on any atom is -0.744 e. The second kappa shape index (κ2) is 18.0. The molecular weight excluding hydrogens is 800 g/mol. The summed E-state index contributed by atoms with van der Waals surface area (Å²) in [4.78, 5) is -1.79. The molecule has 6 aromatic carbocycles. The Morgan fingerprint density at radius 1 is 0.473 bits per heavy atom. The van der Waals surface area contributed by atoms with Gasteiger partial charge in [0.2, 0.25) is 0 Å². The third-order valence-electron chi connectivity index (χ3n) is 8.34. The van der Waals surface area contributed by atoms with Crippen molar-refractivity contribution in [3.8, 4) is 11.1 Å². The first-order valence-electron chi connectivity index (χ1n) is 15.1. The molecule has 0 aromatic heterocycles. The molecule has 0 saturated carbocycles. The molecular formula is C35H26N5Na3O9S3. The predicted molar refractivity (Wildman–Crippen MR) is 191 cm³/mol. The van der Waals surface area contributed by atoms with Gasteiger partial charge in [0, 0.05) is 10.8 Å². The largest absolute Gasteiger partial charge is 1.00 e. The van der Waals surface area contributed by atoms with Crippen LogP contribution in [-0.4, -0.2) is 38.9 Å². The van der Waals surface area contributed by atoms with Crippen LogP contribution in [0, 0.1) is 20.8 Å². The number of nitrogens with two attached hydrogens (primary N) is 1. The van der Waals surface area contributed by atoms with Crippen LogP contribution in [0.5, 0.6) is 0 Å². The fourth-order valence-corrected chi connectivity index (χ4v) is 7.27. The van der Waals surface area contributed by atoms with Crippen molar-refractivity contribution in [1.29, 1.82) is 0 Å². The van der Waals surface area contributed by atoms with Gasteiger partial charge in [0.1, 0.15) is 36.0 Å². The summed E-state index contributed by atoms with van der Waals surface area (Å²) in [6.45, 7) is 5.49. The Hall–Kier alpha value is -2.43. The van der Waals surface area contributed by atoms with Crippen molar-refractivity contribution in [3.05, 3.63) is 108 Å². The van der Waals surface area contributed by atoms with Crippen LogP contribution in [0.15, 0.2) is 126 Å². The van der Waals surface area contributed by atoms with E-state index in [1.54, 1.807) is 37.3 Å². The molecule has 266 valence electrons. The van der Waals surface area contributed by atoms with Crippen molar-refractivity contribution in [2.24, 2.45) is 20.5 Å². The minimum absolute atomic E-state index is 0. The number of rotatable bonds is 8. The zero-order chi connectivity index (χ0) is 37.7. The molecule has 20 heteroatoms. The second-order valence-electron chi connectivity index (χ2n) is 11.9. The fraction of sp³-hybridized carbons (Fsp3) is 0.0857. The first-order chi connectivity index (χ1) is 24.3. The Labute approximate surface area is 383 Å². The summed E-state index contributed by atoms with van der Waals surface area (Å²) in [6, 6.07) is 22.6. The van der Waals surface area contributed by atoms with Gasteiger partial charge in [-0.1, -0.05) is 36.4 Å². The number of hydrogen-bond donors (Lipinski definition) is 1. The van der Waals surface area contributed by atoms with E-state index in [4.69, 9.17) is 5.73 Å². The number of aryl methyl sites for hydroxylation is 3. The Morgan fingerprint density at radius 2 is 0.927 bits per heavy atom. The predicted octanol–water partition coefficient (Wildman–Crippen LogP) is -1.28. The first kappa shape index (κ1) is 46.9. The normalized spacial score (nSPS) is 12.1. The molecule has 14 nitrogen and oxygen atoms in total. The van der Waals surface area contributed by atoms with Gasteiger partial charge in [-0.25, -0.2) is 25.3 Å². The maximum absolute atomic E-state index is 12.0. The summed E-state index contributed by atoms with van der Waals surface area (Å²) in [6.07, 6.45) is 0. The number of azo groups is 2. The molecule has 0 spiro atoms. The number of benzene rings is 6. The SMILES string of the molecule is Cc1cc(-c2ccc(N=Nc3c(N)c(S(=O)(=O)[O-])cc4cc(S(=O)(=O)[O-])ccc34)c(C)c2)ccc1N=Nc1c(C)ccc2cc(S(=O)(=O)[O-])ccc12.[Na+].[Na+].[Na+]. The van der Waals surface area contributed by atoms with Crippen molar-refractivity contribution in [3.63, 3.8) is 0 Å². The van der Waals surface area contributed by atoms with Gasteiger partial charge < -0.3 is 19.4 Å². The Morgan fingerprint density at radius 3 is 1.38 bits per heavy atom. The van der Waals surface area contributed by atoms with Crippen molar-refractivity contribution in [2.45, 2.75) is 35.5 Å². The standard InChI is InChI=1S/C35H29N5O9S3.3Na/c1-19-4-5-24-16-26(50(41,42)43)8-10-28(24)34(19)39-37-30-12-6-22(14-20(30)2)23-7-13-31(21(3)15-23)38-40-35-29-11-9-27(51(44,45)46)17-25(29)18-32(33(35)36)52(47,48)49;;;/h4-18H,36H2,1-3H3,(H,41,42,43)(H,44,45,46)(H,47,48,49);;;/q;3*+1/p-3. The zero-order valence-electron chi connectivity index (χ0n) is 30.4. The maximum atomic E-state index is 12.0. The number of anilines is 1. The molecule has 0 aliphatic heterocycles. The average molecular weight is 826 g/mol. The molecule has 2 N–H and O–H groups in total. The van der Waals surface area contributed by atoms with E-state index in [2.05, 4.69) is 20.5 Å². The zero-order valence-corrected chi connectivity index (χ0v) is 38.9.